The number of hydrogen-bond acceptors (Lipinski definition) is 1. The van der Waals surface area contributed by atoms with Gasteiger partial charge in [-0.3, -0.25) is 0 Å². The zero-order valence-electron chi connectivity index (χ0n) is 7.42. The smallest absolute Gasteiger partial charge is 0.100 e. The molecule has 0 rings (SSSR count). The van der Waals surface area contributed by atoms with Gasteiger partial charge in [0.25, 0.3) is 0 Å². The molecule has 0 unspecified atom stereocenters. The van der Waals surface area contributed by atoms with Crippen LogP contribution in [-0.4, -0.2) is 35.3 Å². The van der Waals surface area contributed by atoms with Crippen molar-refractivity contribution < 1.29 is 5.11 Å². The van der Waals surface area contributed by atoms with E-state index in [2.05, 4.69) is 18.4 Å². The Hall–Kier alpha value is 0.180. The lowest BCUT2D eigenvalue weighted by molar-refractivity contribution is 0.148. The van der Waals surface area contributed by atoms with E-state index in [1.54, 1.807) is 0 Å². The highest BCUT2D eigenvalue weighted by atomic mass is 32.2. The first kappa shape index (κ1) is 10.2. The third-order valence-corrected chi connectivity index (χ3v) is 2.64. The molecule has 0 aromatic heterocycles. The zero-order valence-corrected chi connectivity index (χ0v) is 8.24. The van der Waals surface area contributed by atoms with E-state index >= 15 is 0 Å². The second kappa shape index (κ2) is 3.54. The van der Waals surface area contributed by atoms with Gasteiger partial charge in [0.2, 0.25) is 0 Å². The number of rotatable bonds is 3. The van der Waals surface area contributed by atoms with Gasteiger partial charge in [-0.25, -0.2) is 0 Å². The fraction of sp³-hybridized carbons (Fsp3) is 0.875. The molecule has 0 aliphatic carbocycles. The van der Waals surface area contributed by atoms with Crippen LogP contribution in [0.1, 0.15) is 13.8 Å². The number of aliphatic hydroxyl groups is 1. The first-order valence-electron chi connectivity index (χ1n) is 3.55. The Balaban J connectivity index is 3.80. The molecule has 1 nitrogen and oxygen atoms in total. The lowest BCUT2D eigenvalue weighted by Crippen LogP contribution is -2.28. The third kappa shape index (κ3) is 5.00. The second-order valence-electron chi connectivity index (χ2n) is 3.75. The maximum Gasteiger partial charge on any atom is 0.100 e. The first-order chi connectivity index (χ1) is 4.33. The first-order valence-corrected chi connectivity index (χ1v) is 6.34. The van der Waals surface area contributed by atoms with E-state index in [-0.39, 0.29) is 6.10 Å². The molecule has 0 aliphatic rings. The molecular weight excluding hydrogens is 144 g/mol. The van der Waals surface area contributed by atoms with Crippen LogP contribution in [0.15, 0.2) is 0 Å². The molecule has 0 radical (unpaired) electrons. The molecule has 0 heterocycles. The minimum Gasteiger partial charge on any atom is -0.388 e. The Labute approximate surface area is 65.4 Å². The maximum absolute atomic E-state index is 9.44. The summed E-state index contributed by atoms with van der Waals surface area (Å²) in [7, 11) is -0.768. The van der Waals surface area contributed by atoms with Crippen molar-refractivity contribution >= 4 is 15.5 Å². The van der Waals surface area contributed by atoms with Crippen molar-refractivity contribution in [3.63, 3.8) is 0 Å². The Morgan fingerprint density at radius 1 is 1.40 bits per heavy atom. The van der Waals surface area contributed by atoms with Crippen molar-refractivity contribution in [2.75, 3.05) is 18.3 Å². The van der Waals surface area contributed by atoms with Crippen LogP contribution in [0.5, 0.6) is 0 Å². The largest absolute Gasteiger partial charge is 0.388 e. The van der Waals surface area contributed by atoms with Crippen LogP contribution >= 0.6 is 0 Å². The van der Waals surface area contributed by atoms with Gasteiger partial charge >= 0.3 is 0 Å². The van der Waals surface area contributed by atoms with E-state index in [0.29, 0.717) is 5.92 Å². The Morgan fingerprint density at radius 3 is 1.90 bits per heavy atom. The summed E-state index contributed by atoms with van der Waals surface area (Å²) in [5.74, 6) is 5.25. The SMILES string of the molecule is C=[S+](C)(C)C[C@H](O)C(C)C. The molecule has 1 N–H and O–H groups in total. The van der Waals surface area contributed by atoms with Gasteiger partial charge in [0.1, 0.15) is 5.75 Å². The van der Waals surface area contributed by atoms with Crippen molar-refractivity contribution in [1.82, 2.24) is 0 Å². The standard InChI is InChI=1S/C8H19OS/c1-7(2)8(9)6-10(3,4)5/h7-9H,3,6H2,1-2,4-5H3/q+1/t8-/m0/s1. The summed E-state index contributed by atoms with van der Waals surface area (Å²) in [6.45, 7) is 4.08. The highest BCUT2D eigenvalue weighted by molar-refractivity contribution is 8.10. The molecule has 0 bridgehead atoms. The van der Waals surface area contributed by atoms with Crippen LogP contribution in [0.3, 0.4) is 0 Å². The summed E-state index contributed by atoms with van der Waals surface area (Å²) in [5, 5.41) is 9.44. The molecule has 0 spiro atoms. The van der Waals surface area contributed by atoms with E-state index < -0.39 is 9.62 Å². The van der Waals surface area contributed by atoms with Gasteiger partial charge in [0, 0.05) is 5.87 Å². The summed E-state index contributed by atoms with van der Waals surface area (Å²) in [6, 6.07) is 0. The molecule has 0 saturated carbocycles. The van der Waals surface area contributed by atoms with Crippen molar-refractivity contribution in [3.8, 4) is 0 Å². The van der Waals surface area contributed by atoms with Gasteiger partial charge in [0.05, 0.1) is 18.6 Å². The van der Waals surface area contributed by atoms with E-state index in [4.69, 9.17) is 0 Å². The van der Waals surface area contributed by atoms with Crippen LogP contribution < -0.4 is 0 Å². The van der Waals surface area contributed by atoms with E-state index in [9.17, 15) is 5.11 Å². The molecule has 62 valence electrons. The van der Waals surface area contributed by atoms with Crippen molar-refractivity contribution in [2.45, 2.75) is 20.0 Å². The molecule has 0 amide bonds. The average molecular weight is 163 g/mol. The molecule has 0 saturated heterocycles. The topological polar surface area (TPSA) is 20.2 Å². The van der Waals surface area contributed by atoms with Gasteiger partial charge in [-0.1, -0.05) is 13.8 Å². The predicted octanol–water partition coefficient (Wildman–Crippen LogP) is 0.849. The van der Waals surface area contributed by atoms with Gasteiger partial charge in [-0.2, -0.15) is 0 Å². The van der Waals surface area contributed by atoms with Crippen molar-refractivity contribution in [2.24, 2.45) is 5.92 Å². The second-order valence-corrected chi connectivity index (χ2v) is 7.61. The number of aliphatic hydroxyl groups excluding tert-OH is 1. The highest BCUT2D eigenvalue weighted by Crippen LogP contribution is 2.06. The van der Waals surface area contributed by atoms with Crippen LogP contribution in [0.2, 0.25) is 0 Å². The molecule has 1 atom stereocenters. The van der Waals surface area contributed by atoms with E-state index in [1.165, 1.54) is 0 Å². The summed E-state index contributed by atoms with van der Waals surface area (Å²) < 4.78 is 0. The average Bonchev–Trinajstić information content (AvgIpc) is 1.60. The molecule has 0 fully saturated rings. The van der Waals surface area contributed by atoms with Crippen LogP contribution in [-0.2, 0) is 9.62 Å². The van der Waals surface area contributed by atoms with Gasteiger partial charge in [0.15, 0.2) is 0 Å². The van der Waals surface area contributed by atoms with E-state index in [1.807, 2.05) is 13.8 Å². The zero-order chi connectivity index (χ0) is 8.36. The molecule has 2 heteroatoms. The van der Waals surface area contributed by atoms with Crippen LogP contribution in [0, 0.1) is 5.92 Å². The fourth-order valence-electron chi connectivity index (χ4n) is 0.655. The lowest BCUT2D eigenvalue weighted by Gasteiger charge is -2.16. The van der Waals surface area contributed by atoms with Crippen molar-refractivity contribution in [1.29, 1.82) is 0 Å². The molecule has 0 aliphatic heterocycles. The highest BCUT2D eigenvalue weighted by Gasteiger charge is 2.16. The normalized spacial score (nSPS) is 15.8. The molecular formula is C8H19OS+. The maximum atomic E-state index is 9.44. The Morgan fingerprint density at radius 2 is 1.80 bits per heavy atom. The van der Waals surface area contributed by atoms with Crippen LogP contribution in [0.4, 0.5) is 0 Å². The van der Waals surface area contributed by atoms with Gasteiger partial charge in [-0.15, -0.1) is 9.62 Å². The predicted molar refractivity (Wildman–Crippen MR) is 52.0 cm³/mol. The minimum absolute atomic E-state index is 0.164. The summed E-state index contributed by atoms with van der Waals surface area (Å²) >= 11 is 0. The summed E-state index contributed by atoms with van der Waals surface area (Å²) in [5.41, 5.74) is 0. The Kier molecular flexibility index (Phi) is 3.60. The quantitative estimate of drug-likeness (QED) is 0.483. The lowest BCUT2D eigenvalue weighted by atomic mass is 10.1. The minimum atomic E-state index is -0.768. The molecule has 0 aromatic carbocycles. The Bertz CT molecular complexity index is 134. The number of hydrogen-bond donors (Lipinski definition) is 1. The van der Waals surface area contributed by atoms with Crippen molar-refractivity contribution in [3.05, 3.63) is 0 Å². The van der Waals surface area contributed by atoms with Gasteiger partial charge < -0.3 is 5.11 Å². The summed E-state index contributed by atoms with van der Waals surface area (Å²) in [4.78, 5) is 0. The monoisotopic (exact) mass is 163 g/mol. The molecule has 10 heavy (non-hydrogen) atoms. The summed E-state index contributed by atoms with van der Waals surface area (Å²) in [6.07, 6.45) is 4.08. The molecule has 0 aromatic rings. The fourth-order valence-corrected chi connectivity index (χ4v) is 1.96. The van der Waals surface area contributed by atoms with E-state index in [0.717, 1.165) is 5.75 Å². The van der Waals surface area contributed by atoms with Gasteiger partial charge in [-0.05, 0) is 5.92 Å². The van der Waals surface area contributed by atoms with Crippen LogP contribution in [0.25, 0.3) is 0 Å². The third-order valence-electron chi connectivity index (χ3n) is 1.39.